The van der Waals surface area contributed by atoms with Crippen LogP contribution in [0.1, 0.15) is 35.8 Å². The molecule has 0 spiro atoms. The zero-order valence-corrected chi connectivity index (χ0v) is 11.5. The highest BCUT2D eigenvalue weighted by molar-refractivity contribution is 5.95. The summed E-state index contributed by atoms with van der Waals surface area (Å²) in [7, 11) is 1.77. The van der Waals surface area contributed by atoms with Crippen LogP contribution >= 0.6 is 0 Å². The molecular formula is C13H19N3O3. The van der Waals surface area contributed by atoms with Crippen LogP contribution in [0.25, 0.3) is 0 Å². The summed E-state index contributed by atoms with van der Waals surface area (Å²) >= 11 is 0. The van der Waals surface area contributed by atoms with Crippen LogP contribution < -0.4 is 0 Å². The van der Waals surface area contributed by atoms with Gasteiger partial charge in [-0.3, -0.25) is 14.3 Å². The lowest BCUT2D eigenvalue weighted by molar-refractivity contribution is -0.148. The molecule has 6 nitrogen and oxygen atoms in total. The largest absolute Gasteiger partial charge is 0.481 e. The topological polar surface area (TPSA) is 75.4 Å². The zero-order chi connectivity index (χ0) is 14.2. The number of hydrogen-bond acceptors (Lipinski definition) is 3. The van der Waals surface area contributed by atoms with E-state index in [2.05, 4.69) is 5.10 Å². The Bertz CT molecular complexity index is 523. The Balaban J connectivity index is 2.19. The molecule has 0 radical (unpaired) electrons. The number of nitrogens with zero attached hydrogens (tertiary/aromatic N) is 3. The molecule has 104 valence electrons. The van der Waals surface area contributed by atoms with Crippen molar-refractivity contribution >= 4 is 11.9 Å². The van der Waals surface area contributed by atoms with E-state index in [0.717, 1.165) is 0 Å². The molecule has 1 fully saturated rings. The molecule has 1 atom stereocenters. The second kappa shape index (κ2) is 4.68. The third kappa shape index (κ3) is 2.22. The molecule has 2 heterocycles. The third-order valence-electron chi connectivity index (χ3n) is 4.02. The number of carbonyl (C=O) groups is 2. The Morgan fingerprint density at radius 2 is 2.21 bits per heavy atom. The van der Waals surface area contributed by atoms with Crippen LogP contribution in [0.2, 0.25) is 0 Å². The van der Waals surface area contributed by atoms with E-state index in [9.17, 15) is 14.7 Å². The van der Waals surface area contributed by atoms with E-state index in [4.69, 9.17) is 0 Å². The number of amides is 1. The van der Waals surface area contributed by atoms with Crippen molar-refractivity contribution in [3.63, 3.8) is 0 Å². The Morgan fingerprint density at radius 1 is 1.53 bits per heavy atom. The number of carbonyl (C=O) groups excluding carboxylic acids is 1. The minimum atomic E-state index is -0.812. The maximum atomic E-state index is 12.4. The summed E-state index contributed by atoms with van der Waals surface area (Å²) in [6.45, 7) is 4.42. The fourth-order valence-corrected chi connectivity index (χ4v) is 2.64. The molecule has 1 amide bonds. The standard InChI is InChI=1S/C13H19N3O3/c1-4-13(12(18)19)5-6-16(8-13)11(17)10-7-15(3)14-9(10)2/h7H,4-6,8H2,1-3H3,(H,18,19). The summed E-state index contributed by atoms with van der Waals surface area (Å²) in [6.07, 6.45) is 2.74. The smallest absolute Gasteiger partial charge is 0.311 e. The molecule has 1 aromatic rings. The summed E-state index contributed by atoms with van der Waals surface area (Å²) in [5.41, 5.74) is 0.447. The van der Waals surface area contributed by atoms with Crippen molar-refractivity contribution in [3.05, 3.63) is 17.5 Å². The lowest BCUT2D eigenvalue weighted by atomic mass is 9.84. The molecule has 1 saturated heterocycles. The summed E-state index contributed by atoms with van der Waals surface area (Å²) in [6, 6.07) is 0. The van der Waals surface area contributed by atoms with Crippen molar-refractivity contribution in [2.45, 2.75) is 26.7 Å². The molecule has 1 aromatic heterocycles. The van der Waals surface area contributed by atoms with E-state index in [1.54, 1.807) is 29.7 Å². The normalized spacial score (nSPS) is 22.8. The minimum Gasteiger partial charge on any atom is -0.481 e. The Labute approximate surface area is 112 Å². The van der Waals surface area contributed by atoms with E-state index in [-0.39, 0.29) is 12.5 Å². The maximum Gasteiger partial charge on any atom is 0.311 e. The monoisotopic (exact) mass is 265 g/mol. The SMILES string of the molecule is CCC1(C(=O)O)CCN(C(=O)c2cn(C)nc2C)C1. The van der Waals surface area contributed by atoms with Crippen LogP contribution in [0.15, 0.2) is 6.20 Å². The molecule has 0 bridgehead atoms. The predicted molar refractivity (Wildman–Crippen MR) is 68.8 cm³/mol. The van der Waals surface area contributed by atoms with Crippen LogP contribution in [0.3, 0.4) is 0 Å². The lowest BCUT2D eigenvalue weighted by Gasteiger charge is -2.22. The van der Waals surface area contributed by atoms with Gasteiger partial charge in [-0.05, 0) is 19.8 Å². The second-order valence-corrected chi connectivity index (χ2v) is 5.22. The molecule has 1 aliphatic rings. The molecule has 0 aromatic carbocycles. The van der Waals surface area contributed by atoms with Gasteiger partial charge < -0.3 is 10.0 Å². The third-order valence-corrected chi connectivity index (χ3v) is 4.02. The summed E-state index contributed by atoms with van der Waals surface area (Å²) in [5, 5.41) is 13.5. The van der Waals surface area contributed by atoms with Gasteiger partial charge in [-0.2, -0.15) is 5.10 Å². The molecular weight excluding hydrogens is 246 g/mol. The van der Waals surface area contributed by atoms with E-state index in [1.807, 2.05) is 6.92 Å². The van der Waals surface area contributed by atoms with Crippen molar-refractivity contribution in [2.75, 3.05) is 13.1 Å². The van der Waals surface area contributed by atoms with Crippen LogP contribution in [0.5, 0.6) is 0 Å². The van der Waals surface area contributed by atoms with Crippen molar-refractivity contribution in [1.82, 2.24) is 14.7 Å². The number of likely N-dealkylation sites (tertiary alicyclic amines) is 1. The van der Waals surface area contributed by atoms with Crippen molar-refractivity contribution in [1.29, 1.82) is 0 Å². The highest BCUT2D eigenvalue weighted by Crippen LogP contribution is 2.34. The first-order chi connectivity index (χ1) is 8.89. The summed E-state index contributed by atoms with van der Waals surface area (Å²) in [5.74, 6) is -0.935. The number of hydrogen-bond donors (Lipinski definition) is 1. The highest BCUT2D eigenvalue weighted by atomic mass is 16.4. The highest BCUT2D eigenvalue weighted by Gasteiger charge is 2.45. The molecule has 1 unspecified atom stereocenters. The lowest BCUT2D eigenvalue weighted by Crippen LogP contribution is -2.36. The number of carboxylic acids is 1. The molecule has 0 aliphatic carbocycles. The molecule has 19 heavy (non-hydrogen) atoms. The maximum absolute atomic E-state index is 12.4. The van der Waals surface area contributed by atoms with Crippen LogP contribution in [0.4, 0.5) is 0 Å². The van der Waals surface area contributed by atoms with Gasteiger partial charge in [-0.1, -0.05) is 6.92 Å². The first-order valence-electron chi connectivity index (χ1n) is 6.42. The van der Waals surface area contributed by atoms with Crippen molar-refractivity contribution in [3.8, 4) is 0 Å². The molecule has 0 saturated carbocycles. The van der Waals surface area contributed by atoms with Crippen LogP contribution in [-0.2, 0) is 11.8 Å². The molecule has 1 N–H and O–H groups in total. The van der Waals surface area contributed by atoms with E-state index < -0.39 is 11.4 Å². The number of aromatic nitrogens is 2. The predicted octanol–water partition coefficient (Wildman–Crippen LogP) is 1.06. The summed E-state index contributed by atoms with van der Waals surface area (Å²) in [4.78, 5) is 25.4. The average molecular weight is 265 g/mol. The number of carboxylic acid groups (broad SMARTS) is 1. The zero-order valence-electron chi connectivity index (χ0n) is 11.5. The quantitative estimate of drug-likeness (QED) is 0.886. The van der Waals surface area contributed by atoms with Gasteiger partial charge in [-0.25, -0.2) is 0 Å². The first kappa shape index (κ1) is 13.6. The number of aliphatic carboxylic acids is 1. The Hall–Kier alpha value is -1.85. The van der Waals surface area contributed by atoms with Gasteiger partial charge in [0.2, 0.25) is 0 Å². The molecule has 1 aliphatic heterocycles. The fraction of sp³-hybridized carbons (Fsp3) is 0.615. The van der Waals surface area contributed by atoms with Crippen molar-refractivity contribution in [2.24, 2.45) is 12.5 Å². The average Bonchev–Trinajstić information content (AvgIpc) is 2.93. The minimum absolute atomic E-state index is 0.123. The molecule has 6 heteroatoms. The van der Waals surface area contributed by atoms with Gasteiger partial charge >= 0.3 is 5.97 Å². The van der Waals surface area contributed by atoms with E-state index >= 15 is 0 Å². The van der Waals surface area contributed by atoms with E-state index in [1.165, 1.54) is 0 Å². The van der Waals surface area contributed by atoms with Gasteiger partial charge in [0.05, 0.1) is 16.7 Å². The number of rotatable bonds is 3. The Morgan fingerprint density at radius 3 is 2.63 bits per heavy atom. The van der Waals surface area contributed by atoms with Gasteiger partial charge in [0.25, 0.3) is 5.91 Å². The van der Waals surface area contributed by atoms with Crippen molar-refractivity contribution < 1.29 is 14.7 Å². The van der Waals surface area contributed by atoms with E-state index in [0.29, 0.717) is 30.6 Å². The Kier molecular flexibility index (Phi) is 3.34. The van der Waals surface area contributed by atoms with Crippen LogP contribution in [-0.4, -0.2) is 44.8 Å². The van der Waals surface area contributed by atoms with Crippen LogP contribution in [0, 0.1) is 12.3 Å². The summed E-state index contributed by atoms with van der Waals surface area (Å²) < 4.78 is 1.60. The molecule has 2 rings (SSSR count). The first-order valence-corrected chi connectivity index (χ1v) is 6.42. The van der Waals surface area contributed by atoms with Gasteiger partial charge in [0.15, 0.2) is 0 Å². The second-order valence-electron chi connectivity index (χ2n) is 5.22. The fourth-order valence-electron chi connectivity index (χ4n) is 2.64. The van der Waals surface area contributed by atoms with Gasteiger partial charge in [-0.15, -0.1) is 0 Å². The van der Waals surface area contributed by atoms with Gasteiger partial charge in [0.1, 0.15) is 0 Å². The van der Waals surface area contributed by atoms with Gasteiger partial charge in [0, 0.05) is 26.3 Å². The number of aryl methyl sites for hydroxylation is 2.